The fourth-order valence-electron chi connectivity index (χ4n) is 1.28. The van der Waals surface area contributed by atoms with Crippen LogP contribution in [0.15, 0.2) is 24.3 Å². The Hall–Kier alpha value is -0.905. The molecule has 0 saturated carbocycles. The highest BCUT2D eigenvalue weighted by Crippen LogP contribution is 2.07. The lowest BCUT2D eigenvalue weighted by Crippen LogP contribution is -2.44. The molecule has 0 aliphatic carbocycles. The first kappa shape index (κ1) is 9.64. The van der Waals surface area contributed by atoms with E-state index in [9.17, 15) is 0 Å². The van der Waals surface area contributed by atoms with Crippen LogP contribution in [0.5, 0.6) is 5.75 Å². The van der Waals surface area contributed by atoms with Crippen molar-refractivity contribution in [2.45, 2.75) is 0 Å². The van der Waals surface area contributed by atoms with Crippen molar-refractivity contribution in [3.63, 3.8) is 0 Å². The van der Waals surface area contributed by atoms with Crippen molar-refractivity contribution < 1.29 is 18.5 Å². The van der Waals surface area contributed by atoms with Gasteiger partial charge < -0.3 is 18.5 Å². The van der Waals surface area contributed by atoms with E-state index in [0.29, 0.717) is 0 Å². The van der Waals surface area contributed by atoms with Crippen LogP contribution in [-0.4, -0.2) is 29.6 Å². The molecule has 0 atom stereocenters. The van der Waals surface area contributed by atoms with E-state index in [1.165, 1.54) is 0 Å². The molecule has 0 N–H and O–H groups in total. The second-order valence-corrected chi connectivity index (χ2v) is 2.88. The Morgan fingerprint density at radius 3 is 2.79 bits per heavy atom. The third kappa shape index (κ3) is 2.12. The predicted octanol–water partition coefficient (Wildman–Crippen LogP) is -1.01. The highest BCUT2D eigenvalue weighted by molar-refractivity contribution is 6.71. The first-order valence-electron chi connectivity index (χ1n) is 4.35. The number of ether oxygens (including phenoxy) is 1. The monoisotopic (exact) mass is 190 g/mol. The molecule has 1 aliphatic rings. The maximum absolute atomic E-state index is 5.26. The molecule has 0 aromatic heterocycles. The van der Waals surface area contributed by atoms with Crippen LogP contribution in [0.4, 0.5) is 0 Å². The molecule has 1 fully saturated rings. The van der Waals surface area contributed by atoms with Gasteiger partial charge in [0.15, 0.2) is 0 Å². The molecular weight excluding hydrogens is 181 g/mol. The fourth-order valence-corrected chi connectivity index (χ4v) is 1.28. The van der Waals surface area contributed by atoms with Gasteiger partial charge in [0.25, 0.3) is 0 Å². The van der Waals surface area contributed by atoms with Crippen molar-refractivity contribution in [1.82, 2.24) is 0 Å². The molecule has 7 heteroatoms. The Morgan fingerprint density at radius 2 is 2.07 bits per heavy atom. The average Bonchev–Trinajstić information content (AvgIpc) is 2.30. The predicted molar refractivity (Wildman–Crippen MR) is 55.9 cm³/mol. The summed E-state index contributed by atoms with van der Waals surface area (Å²) in [4.78, 5) is 0. The fraction of sp³-hybridized carbons (Fsp3) is 0.143. The molecule has 1 saturated heterocycles. The molecule has 1 aromatic rings. The summed E-state index contributed by atoms with van der Waals surface area (Å²) in [5, 5.41) is 0. The highest BCUT2D eigenvalue weighted by Gasteiger charge is 2.25. The molecule has 0 radical (unpaired) electrons. The van der Waals surface area contributed by atoms with Crippen molar-refractivity contribution in [2.24, 2.45) is 0 Å². The zero-order valence-corrected chi connectivity index (χ0v) is 7.93. The summed E-state index contributed by atoms with van der Waals surface area (Å²) < 4.78 is 20.5. The Balaban J connectivity index is 2.13. The molecule has 0 amide bonds. The van der Waals surface area contributed by atoms with Crippen LogP contribution in [-0.2, 0) is 13.7 Å². The van der Waals surface area contributed by atoms with E-state index < -0.39 is 0 Å². The summed E-state index contributed by atoms with van der Waals surface area (Å²) in [6.07, 6.45) is 0. The largest absolute Gasteiger partial charge is 0.497 e. The minimum absolute atomic E-state index is 0.266. The van der Waals surface area contributed by atoms with Gasteiger partial charge in [-0.15, -0.1) is 0 Å². The number of hydrogen-bond donors (Lipinski definition) is 0. The molecule has 2 rings (SSSR count). The minimum Gasteiger partial charge on any atom is -0.497 e. The summed E-state index contributed by atoms with van der Waals surface area (Å²) in [6, 6.07) is 7.59. The number of hydrogen-bond acceptors (Lipinski definition) is 4. The topological polar surface area (TPSA) is 36.9 Å². The lowest BCUT2D eigenvalue weighted by Gasteiger charge is -2.19. The normalized spacial score (nSPS) is 15.6. The molecule has 0 unspecified atom stereocenters. The van der Waals surface area contributed by atoms with E-state index in [-0.39, 0.29) is 22.5 Å². The average molecular weight is 190 g/mol. The molecular formula is C7H9B3O4. The van der Waals surface area contributed by atoms with E-state index >= 15 is 0 Å². The van der Waals surface area contributed by atoms with Gasteiger partial charge in [0.05, 0.1) is 7.11 Å². The quantitative estimate of drug-likeness (QED) is 0.559. The van der Waals surface area contributed by atoms with Crippen molar-refractivity contribution >= 4 is 28.0 Å². The van der Waals surface area contributed by atoms with E-state index in [2.05, 4.69) is 0 Å². The summed E-state index contributed by atoms with van der Waals surface area (Å²) in [5.41, 5.74) is 0.938. The van der Waals surface area contributed by atoms with Crippen LogP contribution < -0.4 is 10.2 Å². The first-order chi connectivity index (χ1) is 6.90. The summed E-state index contributed by atoms with van der Waals surface area (Å²) in [5.74, 6) is 0.793. The standard InChI is InChI=1S/C7H9B3O4/c1-11-7-4-2-3-6(5-7)10-13-8-12-9-14-10/h2-5,8-9H,1H3. The molecule has 1 aliphatic heterocycles. The highest BCUT2D eigenvalue weighted by atomic mass is 16.7. The Kier molecular flexibility index (Phi) is 3.13. The van der Waals surface area contributed by atoms with Crippen LogP contribution in [0.2, 0.25) is 0 Å². The SMILES string of the molecule is COc1cccc(B2OBOBO2)c1. The van der Waals surface area contributed by atoms with Crippen molar-refractivity contribution in [3.05, 3.63) is 24.3 Å². The Bertz CT molecular complexity index is 303. The van der Waals surface area contributed by atoms with Gasteiger partial charge in [0.1, 0.15) is 5.75 Å². The second-order valence-electron chi connectivity index (χ2n) is 2.88. The number of benzene rings is 1. The van der Waals surface area contributed by atoms with Crippen molar-refractivity contribution in [3.8, 4) is 5.75 Å². The minimum atomic E-state index is -0.348. The van der Waals surface area contributed by atoms with Crippen molar-refractivity contribution in [1.29, 1.82) is 0 Å². The molecule has 0 bridgehead atoms. The van der Waals surface area contributed by atoms with Gasteiger partial charge in [-0.2, -0.15) is 0 Å². The molecule has 4 nitrogen and oxygen atoms in total. The zero-order valence-electron chi connectivity index (χ0n) is 7.93. The second kappa shape index (κ2) is 4.55. The van der Waals surface area contributed by atoms with Crippen LogP contribution in [0.3, 0.4) is 0 Å². The molecule has 70 valence electrons. The third-order valence-electron chi connectivity index (χ3n) is 1.97. The van der Waals surface area contributed by atoms with Gasteiger partial charge in [-0.1, -0.05) is 12.1 Å². The van der Waals surface area contributed by atoms with E-state index in [1.807, 2.05) is 24.3 Å². The van der Waals surface area contributed by atoms with Gasteiger partial charge in [0.2, 0.25) is 0 Å². The van der Waals surface area contributed by atoms with Gasteiger partial charge in [-0.05, 0) is 17.6 Å². The first-order valence-corrected chi connectivity index (χ1v) is 4.35. The maximum atomic E-state index is 5.26. The smallest absolute Gasteiger partial charge is 0.466 e. The number of rotatable bonds is 2. The van der Waals surface area contributed by atoms with Gasteiger partial charge in [0, 0.05) is 0 Å². The molecule has 14 heavy (non-hydrogen) atoms. The van der Waals surface area contributed by atoms with Gasteiger partial charge in [-0.25, -0.2) is 0 Å². The van der Waals surface area contributed by atoms with E-state index in [1.54, 1.807) is 7.11 Å². The Labute approximate surface area is 84.3 Å². The molecule has 0 spiro atoms. The molecule has 1 heterocycles. The van der Waals surface area contributed by atoms with Crippen LogP contribution in [0.1, 0.15) is 0 Å². The zero-order chi connectivity index (χ0) is 9.80. The van der Waals surface area contributed by atoms with Crippen LogP contribution in [0.25, 0.3) is 0 Å². The Morgan fingerprint density at radius 1 is 1.29 bits per heavy atom. The number of methoxy groups -OCH3 is 1. The lowest BCUT2D eigenvalue weighted by atomic mass is 9.75. The molecule has 1 aromatic carbocycles. The third-order valence-corrected chi connectivity index (χ3v) is 1.97. The van der Waals surface area contributed by atoms with Crippen molar-refractivity contribution in [2.75, 3.05) is 7.11 Å². The van der Waals surface area contributed by atoms with E-state index in [4.69, 9.17) is 18.5 Å². The summed E-state index contributed by atoms with van der Waals surface area (Å²) in [7, 11) is 1.81. The van der Waals surface area contributed by atoms with Crippen LogP contribution in [0, 0.1) is 0 Å². The van der Waals surface area contributed by atoms with Gasteiger partial charge >= 0.3 is 22.5 Å². The summed E-state index contributed by atoms with van der Waals surface area (Å²) >= 11 is 0. The lowest BCUT2D eigenvalue weighted by molar-refractivity contribution is 0.333. The maximum Gasteiger partial charge on any atom is 0.466 e. The van der Waals surface area contributed by atoms with Gasteiger partial charge in [-0.3, -0.25) is 0 Å². The summed E-state index contributed by atoms with van der Waals surface area (Å²) in [6.45, 7) is 0. The van der Waals surface area contributed by atoms with Crippen LogP contribution >= 0.6 is 0 Å². The van der Waals surface area contributed by atoms with E-state index in [0.717, 1.165) is 11.2 Å².